The molecule has 1 aliphatic rings. The Kier molecular flexibility index (Phi) is 6.05. The van der Waals surface area contributed by atoms with Gasteiger partial charge >= 0.3 is 0 Å². The average molecular weight is 248 g/mol. The number of hydrogen-bond acceptors (Lipinski definition) is 1. The fourth-order valence-electron chi connectivity index (χ4n) is 2.28. The van der Waals surface area contributed by atoms with Crippen LogP contribution >= 0.6 is 15.9 Å². The lowest BCUT2D eigenvalue weighted by Crippen LogP contribution is -2.33. The molecule has 1 saturated carbocycles. The zero-order chi connectivity index (χ0) is 9.52. The molecule has 0 aromatic heterocycles. The third-order valence-electron chi connectivity index (χ3n) is 3.08. The van der Waals surface area contributed by atoms with Crippen LogP contribution in [0.15, 0.2) is 0 Å². The largest absolute Gasteiger partial charge is 0.301 e. The highest BCUT2D eigenvalue weighted by molar-refractivity contribution is 9.09. The number of halogens is 1. The van der Waals surface area contributed by atoms with Crippen molar-refractivity contribution in [2.45, 2.75) is 51.5 Å². The fraction of sp³-hybridized carbons (Fsp3) is 1.00. The molecule has 0 aromatic carbocycles. The average Bonchev–Trinajstić information content (AvgIpc) is 2.65. The molecular weight excluding hydrogens is 226 g/mol. The highest BCUT2D eigenvalue weighted by Gasteiger charge is 2.20. The van der Waals surface area contributed by atoms with E-state index in [1.54, 1.807) is 0 Å². The molecule has 1 nitrogen and oxygen atoms in total. The number of unbranched alkanes of at least 4 members (excludes halogenated alkanes) is 1. The van der Waals surface area contributed by atoms with E-state index in [1.807, 2.05) is 0 Å². The van der Waals surface area contributed by atoms with Gasteiger partial charge in [-0.25, -0.2) is 0 Å². The molecule has 2 heteroatoms. The smallest absolute Gasteiger partial charge is 0.00951 e. The summed E-state index contributed by atoms with van der Waals surface area (Å²) < 4.78 is 0. The maximum atomic E-state index is 3.49. The second-order valence-corrected chi connectivity index (χ2v) is 4.76. The standard InChI is InChI=1S/C11H22BrN/c1-2-13(10-6-5-9-12)11-7-3-4-8-11/h11H,2-10H2,1H3. The summed E-state index contributed by atoms with van der Waals surface area (Å²) in [5.41, 5.74) is 0. The van der Waals surface area contributed by atoms with Crippen molar-refractivity contribution in [3.05, 3.63) is 0 Å². The minimum atomic E-state index is 0.917. The van der Waals surface area contributed by atoms with Gasteiger partial charge in [0.05, 0.1) is 0 Å². The molecule has 0 bridgehead atoms. The molecule has 0 atom stereocenters. The van der Waals surface area contributed by atoms with E-state index in [2.05, 4.69) is 27.8 Å². The van der Waals surface area contributed by atoms with Crippen LogP contribution in [-0.4, -0.2) is 29.4 Å². The van der Waals surface area contributed by atoms with Crippen LogP contribution in [0.3, 0.4) is 0 Å². The second kappa shape index (κ2) is 6.83. The van der Waals surface area contributed by atoms with E-state index in [1.165, 1.54) is 51.6 Å². The van der Waals surface area contributed by atoms with Crippen molar-refractivity contribution in [3.63, 3.8) is 0 Å². The summed E-state index contributed by atoms with van der Waals surface area (Å²) in [6.45, 7) is 4.85. The van der Waals surface area contributed by atoms with Crippen molar-refractivity contribution in [1.82, 2.24) is 4.90 Å². The maximum absolute atomic E-state index is 3.49. The van der Waals surface area contributed by atoms with Crippen LogP contribution in [0.1, 0.15) is 45.4 Å². The van der Waals surface area contributed by atoms with Gasteiger partial charge in [-0.15, -0.1) is 0 Å². The van der Waals surface area contributed by atoms with E-state index in [0.717, 1.165) is 11.4 Å². The molecule has 1 fully saturated rings. The Morgan fingerprint density at radius 1 is 1.23 bits per heavy atom. The van der Waals surface area contributed by atoms with Gasteiger partial charge in [-0.05, 0) is 38.8 Å². The van der Waals surface area contributed by atoms with Gasteiger partial charge in [0, 0.05) is 11.4 Å². The van der Waals surface area contributed by atoms with Crippen LogP contribution < -0.4 is 0 Å². The summed E-state index contributed by atoms with van der Waals surface area (Å²) in [6.07, 6.45) is 8.49. The zero-order valence-electron chi connectivity index (χ0n) is 8.77. The quantitative estimate of drug-likeness (QED) is 0.514. The molecular formula is C11H22BrN. The summed E-state index contributed by atoms with van der Waals surface area (Å²) >= 11 is 3.49. The lowest BCUT2D eigenvalue weighted by atomic mass is 10.2. The van der Waals surface area contributed by atoms with Crippen molar-refractivity contribution in [1.29, 1.82) is 0 Å². The van der Waals surface area contributed by atoms with Crippen molar-refractivity contribution in [2.24, 2.45) is 0 Å². The summed E-state index contributed by atoms with van der Waals surface area (Å²) in [6, 6.07) is 0.917. The molecule has 0 saturated heterocycles. The van der Waals surface area contributed by atoms with Crippen LogP contribution in [0.25, 0.3) is 0 Å². The van der Waals surface area contributed by atoms with Crippen LogP contribution in [-0.2, 0) is 0 Å². The minimum absolute atomic E-state index is 0.917. The first-order valence-electron chi connectivity index (χ1n) is 5.68. The molecule has 1 rings (SSSR count). The Hall–Kier alpha value is 0.440. The third kappa shape index (κ3) is 3.99. The first-order valence-corrected chi connectivity index (χ1v) is 6.80. The summed E-state index contributed by atoms with van der Waals surface area (Å²) in [5, 5.41) is 1.16. The molecule has 0 N–H and O–H groups in total. The molecule has 0 heterocycles. The maximum Gasteiger partial charge on any atom is 0.00951 e. The highest BCUT2D eigenvalue weighted by atomic mass is 79.9. The fourth-order valence-corrected chi connectivity index (χ4v) is 2.67. The van der Waals surface area contributed by atoms with E-state index in [4.69, 9.17) is 0 Å². The van der Waals surface area contributed by atoms with E-state index < -0.39 is 0 Å². The van der Waals surface area contributed by atoms with Gasteiger partial charge in [0.1, 0.15) is 0 Å². The molecule has 0 aliphatic heterocycles. The Balaban J connectivity index is 2.16. The molecule has 1 aliphatic carbocycles. The van der Waals surface area contributed by atoms with Gasteiger partial charge in [-0.2, -0.15) is 0 Å². The number of rotatable bonds is 6. The molecule has 78 valence electrons. The lowest BCUT2D eigenvalue weighted by Gasteiger charge is -2.27. The molecule has 0 aromatic rings. The molecule has 0 unspecified atom stereocenters. The predicted octanol–water partition coefficient (Wildman–Crippen LogP) is 3.43. The molecule has 0 spiro atoms. The normalized spacial score (nSPS) is 18.7. The topological polar surface area (TPSA) is 3.24 Å². The summed E-state index contributed by atoms with van der Waals surface area (Å²) in [5.74, 6) is 0. The predicted molar refractivity (Wildman–Crippen MR) is 62.5 cm³/mol. The van der Waals surface area contributed by atoms with Crippen molar-refractivity contribution in [2.75, 3.05) is 18.4 Å². The van der Waals surface area contributed by atoms with Crippen molar-refractivity contribution in [3.8, 4) is 0 Å². The first kappa shape index (κ1) is 11.5. The lowest BCUT2D eigenvalue weighted by molar-refractivity contribution is 0.206. The molecule has 0 amide bonds. The number of hydrogen-bond donors (Lipinski definition) is 0. The van der Waals surface area contributed by atoms with Crippen LogP contribution in [0, 0.1) is 0 Å². The Morgan fingerprint density at radius 3 is 2.46 bits per heavy atom. The summed E-state index contributed by atoms with van der Waals surface area (Å²) in [7, 11) is 0. The van der Waals surface area contributed by atoms with Gasteiger partial charge in [0.15, 0.2) is 0 Å². The highest BCUT2D eigenvalue weighted by Crippen LogP contribution is 2.23. The molecule has 0 radical (unpaired) electrons. The first-order chi connectivity index (χ1) is 6.38. The van der Waals surface area contributed by atoms with Gasteiger partial charge < -0.3 is 4.90 Å². The van der Waals surface area contributed by atoms with E-state index in [9.17, 15) is 0 Å². The van der Waals surface area contributed by atoms with Gasteiger partial charge in [-0.1, -0.05) is 35.7 Å². The number of alkyl halides is 1. The van der Waals surface area contributed by atoms with E-state index in [0.29, 0.717) is 0 Å². The van der Waals surface area contributed by atoms with E-state index >= 15 is 0 Å². The van der Waals surface area contributed by atoms with Crippen LogP contribution in [0.2, 0.25) is 0 Å². The Morgan fingerprint density at radius 2 is 1.92 bits per heavy atom. The van der Waals surface area contributed by atoms with Gasteiger partial charge in [-0.3, -0.25) is 0 Å². The van der Waals surface area contributed by atoms with Crippen molar-refractivity contribution >= 4 is 15.9 Å². The zero-order valence-corrected chi connectivity index (χ0v) is 10.4. The Bertz CT molecular complexity index is 121. The summed E-state index contributed by atoms with van der Waals surface area (Å²) in [4.78, 5) is 2.68. The second-order valence-electron chi connectivity index (χ2n) is 3.96. The van der Waals surface area contributed by atoms with Gasteiger partial charge in [0.2, 0.25) is 0 Å². The van der Waals surface area contributed by atoms with Crippen LogP contribution in [0.4, 0.5) is 0 Å². The van der Waals surface area contributed by atoms with Crippen molar-refractivity contribution < 1.29 is 0 Å². The third-order valence-corrected chi connectivity index (χ3v) is 3.64. The van der Waals surface area contributed by atoms with E-state index in [-0.39, 0.29) is 0 Å². The SMILES string of the molecule is CCN(CCCCBr)C1CCCC1. The molecule has 13 heavy (non-hydrogen) atoms. The van der Waals surface area contributed by atoms with Gasteiger partial charge in [0.25, 0.3) is 0 Å². The minimum Gasteiger partial charge on any atom is -0.301 e. The monoisotopic (exact) mass is 247 g/mol. The number of nitrogens with zero attached hydrogens (tertiary/aromatic N) is 1. The Labute approximate surface area is 91.0 Å². The van der Waals surface area contributed by atoms with Crippen LogP contribution in [0.5, 0.6) is 0 Å².